The molecule has 0 aliphatic carbocycles. The third kappa shape index (κ3) is 4.32. The zero-order chi connectivity index (χ0) is 8.36. The van der Waals surface area contributed by atoms with Crippen molar-refractivity contribution in [3.8, 4) is 0 Å². The maximum absolute atomic E-state index is 10.2. The molecule has 0 saturated heterocycles. The molecule has 10 heavy (non-hydrogen) atoms. The SMILES string of the molecule is CC(C)(C)C[C@@H]([NH3+])C(=O)[O-]. The van der Waals surface area contributed by atoms with E-state index in [2.05, 4.69) is 5.73 Å². The van der Waals surface area contributed by atoms with Gasteiger partial charge in [0.25, 0.3) is 0 Å². The molecule has 3 N–H and O–H groups in total. The molecule has 3 heteroatoms. The van der Waals surface area contributed by atoms with Gasteiger partial charge >= 0.3 is 0 Å². The van der Waals surface area contributed by atoms with Crippen molar-refractivity contribution in [1.29, 1.82) is 0 Å². The molecule has 0 unspecified atom stereocenters. The van der Waals surface area contributed by atoms with Gasteiger partial charge in [0.15, 0.2) is 0 Å². The van der Waals surface area contributed by atoms with Crippen LogP contribution in [-0.2, 0) is 4.79 Å². The van der Waals surface area contributed by atoms with Crippen LogP contribution in [0.2, 0.25) is 0 Å². The highest BCUT2D eigenvalue weighted by atomic mass is 16.4. The van der Waals surface area contributed by atoms with Gasteiger partial charge in [0.2, 0.25) is 0 Å². The largest absolute Gasteiger partial charge is 0.544 e. The summed E-state index contributed by atoms with van der Waals surface area (Å²) in [5.74, 6) is -1.06. The average molecular weight is 145 g/mol. The van der Waals surface area contributed by atoms with Gasteiger partial charge in [-0.2, -0.15) is 0 Å². The molecular formula is C7H15NO2. The summed E-state index contributed by atoms with van der Waals surface area (Å²) in [6, 6.07) is -0.583. The van der Waals surface area contributed by atoms with E-state index in [1.807, 2.05) is 20.8 Å². The number of carboxylic acid groups (broad SMARTS) is 1. The third-order valence-electron chi connectivity index (χ3n) is 1.19. The Kier molecular flexibility index (Phi) is 2.84. The molecule has 0 fully saturated rings. The van der Waals surface area contributed by atoms with Crippen LogP contribution in [0.25, 0.3) is 0 Å². The minimum atomic E-state index is -1.06. The smallest absolute Gasteiger partial charge is 0.125 e. The summed E-state index contributed by atoms with van der Waals surface area (Å²) in [6.45, 7) is 5.94. The Balaban J connectivity index is 3.80. The van der Waals surface area contributed by atoms with Crippen LogP contribution in [0.15, 0.2) is 0 Å². The quantitative estimate of drug-likeness (QED) is 0.529. The zero-order valence-electron chi connectivity index (χ0n) is 6.81. The first kappa shape index (κ1) is 9.43. The number of carbonyl (C=O) groups is 1. The standard InChI is InChI=1S/C7H15NO2/c1-7(2,3)4-5(8)6(9)10/h5H,4,8H2,1-3H3,(H,9,10)/t5-/m1/s1. The maximum Gasteiger partial charge on any atom is 0.125 e. The van der Waals surface area contributed by atoms with E-state index in [1.54, 1.807) is 0 Å². The van der Waals surface area contributed by atoms with Crippen molar-refractivity contribution in [3.63, 3.8) is 0 Å². The van der Waals surface area contributed by atoms with Gasteiger partial charge in [-0.3, -0.25) is 0 Å². The minimum Gasteiger partial charge on any atom is -0.544 e. The molecule has 0 heterocycles. The third-order valence-corrected chi connectivity index (χ3v) is 1.19. The number of hydrogen-bond donors (Lipinski definition) is 1. The lowest BCUT2D eigenvalue weighted by atomic mass is 9.88. The van der Waals surface area contributed by atoms with E-state index >= 15 is 0 Å². The highest BCUT2D eigenvalue weighted by Crippen LogP contribution is 2.18. The van der Waals surface area contributed by atoms with Crippen LogP contribution in [-0.4, -0.2) is 12.0 Å². The molecule has 1 atom stereocenters. The second-order valence-electron chi connectivity index (χ2n) is 3.78. The van der Waals surface area contributed by atoms with Crippen LogP contribution >= 0.6 is 0 Å². The molecule has 0 aromatic heterocycles. The lowest BCUT2D eigenvalue weighted by molar-refractivity contribution is -0.441. The molecule has 0 bridgehead atoms. The molecule has 0 spiro atoms. The Morgan fingerprint density at radius 1 is 1.60 bits per heavy atom. The van der Waals surface area contributed by atoms with Gasteiger partial charge in [-0.1, -0.05) is 20.8 Å². The van der Waals surface area contributed by atoms with Crippen LogP contribution in [0.3, 0.4) is 0 Å². The van der Waals surface area contributed by atoms with Crippen molar-refractivity contribution in [2.75, 3.05) is 0 Å². The number of carboxylic acids is 1. The molecule has 60 valence electrons. The molecule has 0 saturated carbocycles. The van der Waals surface area contributed by atoms with Crippen molar-refractivity contribution in [1.82, 2.24) is 0 Å². The van der Waals surface area contributed by atoms with E-state index in [4.69, 9.17) is 0 Å². The fourth-order valence-corrected chi connectivity index (χ4v) is 0.823. The number of hydrogen-bond acceptors (Lipinski definition) is 2. The zero-order valence-corrected chi connectivity index (χ0v) is 6.81. The van der Waals surface area contributed by atoms with Crippen LogP contribution in [0.5, 0.6) is 0 Å². The molecule has 0 aromatic carbocycles. The second-order valence-corrected chi connectivity index (χ2v) is 3.78. The summed E-state index contributed by atoms with van der Waals surface area (Å²) < 4.78 is 0. The lowest BCUT2D eigenvalue weighted by Crippen LogP contribution is -2.69. The first-order valence-corrected chi connectivity index (χ1v) is 3.37. The molecule has 0 aromatic rings. The van der Waals surface area contributed by atoms with Crippen LogP contribution < -0.4 is 10.8 Å². The van der Waals surface area contributed by atoms with Gasteiger partial charge in [-0.25, -0.2) is 0 Å². The molecular weight excluding hydrogens is 130 g/mol. The van der Waals surface area contributed by atoms with Crippen molar-refractivity contribution < 1.29 is 15.6 Å². The Labute approximate surface area is 61.2 Å². The average Bonchev–Trinajstić information content (AvgIpc) is 1.60. The number of aliphatic carboxylic acids is 1. The second kappa shape index (κ2) is 3.01. The monoisotopic (exact) mass is 145 g/mol. The molecule has 0 rings (SSSR count). The maximum atomic E-state index is 10.2. The highest BCUT2D eigenvalue weighted by Gasteiger charge is 2.18. The molecule has 0 aliphatic rings. The Bertz CT molecular complexity index is 126. The van der Waals surface area contributed by atoms with E-state index in [0.29, 0.717) is 6.42 Å². The van der Waals surface area contributed by atoms with E-state index in [-0.39, 0.29) is 5.41 Å². The number of rotatable bonds is 2. The van der Waals surface area contributed by atoms with Crippen molar-refractivity contribution in [2.24, 2.45) is 5.41 Å². The number of carbonyl (C=O) groups excluding carboxylic acids is 1. The van der Waals surface area contributed by atoms with Gasteiger partial charge in [0.1, 0.15) is 6.04 Å². The van der Waals surface area contributed by atoms with Crippen LogP contribution in [0.1, 0.15) is 27.2 Å². The van der Waals surface area contributed by atoms with E-state index in [9.17, 15) is 9.90 Å². The fourth-order valence-electron chi connectivity index (χ4n) is 0.823. The van der Waals surface area contributed by atoms with E-state index in [0.717, 1.165) is 0 Å². The Morgan fingerprint density at radius 3 is 2.10 bits per heavy atom. The molecule has 0 amide bonds. The summed E-state index contributed by atoms with van der Waals surface area (Å²) >= 11 is 0. The lowest BCUT2D eigenvalue weighted by Gasteiger charge is -2.20. The van der Waals surface area contributed by atoms with Gasteiger partial charge in [-0.15, -0.1) is 0 Å². The minimum absolute atomic E-state index is 0.0203. The first-order chi connectivity index (χ1) is 4.33. The van der Waals surface area contributed by atoms with Gasteiger partial charge in [-0.05, 0) is 5.41 Å². The summed E-state index contributed by atoms with van der Waals surface area (Å²) in [5.41, 5.74) is 3.48. The summed E-state index contributed by atoms with van der Waals surface area (Å²) in [5, 5.41) is 10.2. The van der Waals surface area contributed by atoms with Gasteiger partial charge < -0.3 is 15.6 Å². The van der Waals surface area contributed by atoms with Crippen molar-refractivity contribution in [2.45, 2.75) is 33.2 Å². The van der Waals surface area contributed by atoms with Gasteiger partial charge in [0.05, 0.1) is 5.97 Å². The summed E-state index contributed by atoms with van der Waals surface area (Å²) in [4.78, 5) is 10.2. The van der Waals surface area contributed by atoms with Crippen LogP contribution in [0.4, 0.5) is 0 Å². The predicted octanol–water partition coefficient (Wildman–Crippen LogP) is -1.22. The molecule has 0 radical (unpaired) electrons. The summed E-state index contributed by atoms with van der Waals surface area (Å²) in [7, 11) is 0. The Morgan fingerprint density at radius 2 is 2.00 bits per heavy atom. The van der Waals surface area contributed by atoms with E-state index in [1.165, 1.54) is 0 Å². The first-order valence-electron chi connectivity index (χ1n) is 3.37. The Hall–Kier alpha value is -0.570. The highest BCUT2D eigenvalue weighted by molar-refractivity contribution is 5.69. The summed E-state index contributed by atoms with van der Waals surface area (Å²) in [6.07, 6.45) is 0.565. The number of quaternary nitrogens is 1. The predicted molar refractivity (Wildman–Crippen MR) is 35.8 cm³/mol. The van der Waals surface area contributed by atoms with E-state index < -0.39 is 12.0 Å². The van der Waals surface area contributed by atoms with Crippen molar-refractivity contribution >= 4 is 5.97 Å². The fraction of sp³-hybridized carbons (Fsp3) is 0.857. The van der Waals surface area contributed by atoms with Gasteiger partial charge in [0, 0.05) is 6.42 Å². The molecule has 0 aliphatic heterocycles. The topological polar surface area (TPSA) is 67.8 Å². The molecule has 3 nitrogen and oxygen atoms in total. The normalized spacial score (nSPS) is 14.8. The van der Waals surface area contributed by atoms with Crippen molar-refractivity contribution in [3.05, 3.63) is 0 Å². The van der Waals surface area contributed by atoms with Crippen LogP contribution in [0, 0.1) is 5.41 Å².